The first kappa shape index (κ1) is 22.6. The lowest BCUT2D eigenvalue weighted by Crippen LogP contribution is -2.50. The maximum Gasteiger partial charge on any atom is 0.416 e. The van der Waals surface area contributed by atoms with E-state index in [4.69, 9.17) is 0 Å². The molecule has 0 aliphatic carbocycles. The molecule has 0 atom stereocenters. The molecule has 0 spiro atoms. The van der Waals surface area contributed by atoms with Crippen LogP contribution in [0.15, 0.2) is 48.5 Å². The Balaban J connectivity index is 1.66. The molecule has 1 aliphatic heterocycles. The predicted molar refractivity (Wildman–Crippen MR) is 108 cm³/mol. The summed E-state index contributed by atoms with van der Waals surface area (Å²) in [5, 5.41) is 0. The van der Waals surface area contributed by atoms with Crippen molar-refractivity contribution in [2.75, 3.05) is 37.2 Å². The Morgan fingerprint density at radius 1 is 0.871 bits per heavy atom. The summed E-state index contributed by atoms with van der Waals surface area (Å²) >= 11 is 0. The number of hydrogen-bond donors (Lipinski definition) is 1. The van der Waals surface area contributed by atoms with E-state index in [-0.39, 0.29) is 48.9 Å². The highest BCUT2D eigenvalue weighted by Gasteiger charge is 2.31. The Bertz CT molecular complexity index is 1080. The molecule has 31 heavy (non-hydrogen) atoms. The average molecular weight is 455 g/mol. The molecule has 1 aliphatic rings. The summed E-state index contributed by atoms with van der Waals surface area (Å²) < 4.78 is 63.4. The van der Waals surface area contributed by atoms with Crippen molar-refractivity contribution in [3.8, 4) is 0 Å². The van der Waals surface area contributed by atoms with Gasteiger partial charge < -0.3 is 9.80 Å². The fourth-order valence-corrected chi connectivity index (χ4v) is 3.80. The van der Waals surface area contributed by atoms with Crippen LogP contribution in [0.3, 0.4) is 0 Å². The summed E-state index contributed by atoms with van der Waals surface area (Å²) in [6.45, 7) is 0.817. The SMILES string of the molecule is CS(=O)(=O)Nc1ccccc1C(=O)N1CCN(C(=O)c2ccc(C(F)(F)F)cc2)CC1. The van der Waals surface area contributed by atoms with Gasteiger partial charge in [-0.15, -0.1) is 0 Å². The van der Waals surface area contributed by atoms with Crippen molar-refractivity contribution in [3.05, 3.63) is 65.2 Å². The van der Waals surface area contributed by atoms with Crippen LogP contribution < -0.4 is 4.72 Å². The fourth-order valence-electron chi connectivity index (χ4n) is 3.23. The minimum absolute atomic E-state index is 0.135. The third-order valence-corrected chi connectivity index (χ3v) is 5.36. The number of piperazine rings is 1. The van der Waals surface area contributed by atoms with Crippen LogP contribution in [0.25, 0.3) is 0 Å². The molecule has 1 fully saturated rings. The molecule has 2 aromatic carbocycles. The summed E-state index contributed by atoms with van der Waals surface area (Å²) in [6.07, 6.45) is -3.49. The summed E-state index contributed by atoms with van der Waals surface area (Å²) in [6, 6.07) is 10.2. The minimum Gasteiger partial charge on any atom is -0.335 e. The van der Waals surface area contributed by atoms with E-state index in [2.05, 4.69) is 4.72 Å². The number of halogens is 3. The maximum atomic E-state index is 12.9. The second-order valence-corrected chi connectivity index (χ2v) is 8.83. The van der Waals surface area contributed by atoms with E-state index < -0.39 is 27.7 Å². The lowest BCUT2D eigenvalue weighted by Gasteiger charge is -2.35. The quantitative estimate of drug-likeness (QED) is 0.768. The molecular weight excluding hydrogens is 435 g/mol. The zero-order valence-corrected chi connectivity index (χ0v) is 17.3. The first-order valence-electron chi connectivity index (χ1n) is 9.28. The average Bonchev–Trinajstić information content (AvgIpc) is 2.71. The second-order valence-electron chi connectivity index (χ2n) is 7.08. The number of sulfonamides is 1. The van der Waals surface area contributed by atoms with Gasteiger partial charge in [0.2, 0.25) is 10.0 Å². The number of nitrogens with zero attached hydrogens (tertiary/aromatic N) is 2. The normalized spacial score (nSPS) is 15.0. The third kappa shape index (κ3) is 5.54. The Morgan fingerprint density at radius 3 is 1.90 bits per heavy atom. The van der Waals surface area contributed by atoms with Gasteiger partial charge in [0.1, 0.15) is 0 Å². The largest absolute Gasteiger partial charge is 0.416 e. The van der Waals surface area contributed by atoms with Gasteiger partial charge in [-0.1, -0.05) is 12.1 Å². The molecule has 1 saturated heterocycles. The minimum atomic E-state index is -4.48. The first-order valence-corrected chi connectivity index (χ1v) is 11.2. The number of alkyl halides is 3. The van der Waals surface area contributed by atoms with E-state index in [1.54, 1.807) is 12.1 Å². The molecule has 166 valence electrons. The van der Waals surface area contributed by atoms with Gasteiger partial charge >= 0.3 is 6.18 Å². The number of para-hydroxylation sites is 1. The smallest absolute Gasteiger partial charge is 0.335 e. The van der Waals surface area contributed by atoms with E-state index in [0.29, 0.717) is 0 Å². The number of hydrogen-bond acceptors (Lipinski definition) is 4. The zero-order chi connectivity index (χ0) is 22.8. The lowest BCUT2D eigenvalue weighted by atomic mass is 10.1. The molecule has 7 nitrogen and oxygen atoms in total. The summed E-state index contributed by atoms with van der Waals surface area (Å²) in [5.74, 6) is -0.798. The molecule has 0 radical (unpaired) electrons. The van der Waals surface area contributed by atoms with Gasteiger partial charge in [0.25, 0.3) is 11.8 Å². The van der Waals surface area contributed by atoms with E-state index in [9.17, 15) is 31.2 Å². The molecule has 1 heterocycles. The lowest BCUT2D eigenvalue weighted by molar-refractivity contribution is -0.137. The second kappa shape index (κ2) is 8.58. The van der Waals surface area contributed by atoms with E-state index in [1.807, 2.05) is 0 Å². The fraction of sp³-hybridized carbons (Fsp3) is 0.300. The number of benzene rings is 2. The number of rotatable bonds is 4. The van der Waals surface area contributed by atoms with Crippen molar-refractivity contribution in [1.82, 2.24) is 9.80 Å². The van der Waals surface area contributed by atoms with Gasteiger partial charge in [-0.2, -0.15) is 13.2 Å². The first-order chi connectivity index (χ1) is 14.5. The van der Waals surface area contributed by atoms with Crippen molar-refractivity contribution in [2.24, 2.45) is 0 Å². The van der Waals surface area contributed by atoms with E-state index in [0.717, 1.165) is 30.5 Å². The highest BCUT2D eigenvalue weighted by Crippen LogP contribution is 2.29. The Labute approximate surface area is 177 Å². The van der Waals surface area contributed by atoms with Gasteiger partial charge in [-0.3, -0.25) is 14.3 Å². The molecular formula is C20H20F3N3O4S. The molecule has 0 aromatic heterocycles. The monoisotopic (exact) mass is 455 g/mol. The van der Waals surface area contributed by atoms with E-state index >= 15 is 0 Å². The van der Waals surface area contributed by atoms with Crippen molar-refractivity contribution >= 4 is 27.5 Å². The Kier molecular flexibility index (Phi) is 6.25. The van der Waals surface area contributed by atoms with Crippen LogP contribution in [0.4, 0.5) is 18.9 Å². The topological polar surface area (TPSA) is 86.8 Å². The van der Waals surface area contributed by atoms with E-state index in [1.165, 1.54) is 21.9 Å². The van der Waals surface area contributed by atoms with Crippen LogP contribution in [0.2, 0.25) is 0 Å². The van der Waals surface area contributed by atoms with Crippen molar-refractivity contribution in [3.63, 3.8) is 0 Å². The molecule has 11 heteroatoms. The maximum absolute atomic E-state index is 12.9. The van der Waals surface area contributed by atoms with Crippen molar-refractivity contribution in [1.29, 1.82) is 0 Å². The van der Waals surface area contributed by atoms with Crippen LogP contribution in [0, 0.1) is 0 Å². The molecule has 2 amide bonds. The van der Waals surface area contributed by atoms with Crippen LogP contribution in [-0.4, -0.2) is 62.5 Å². The van der Waals surface area contributed by atoms with Gasteiger partial charge in [0, 0.05) is 31.7 Å². The van der Waals surface area contributed by atoms with Crippen LogP contribution >= 0.6 is 0 Å². The molecule has 1 N–H and O–H groups in total. The third-order valence-electron chi connectivity index (χ3n) is 4.77. The van der Waals surface area contributed by atoms with Crippen molar-refractivity contribution in [2.45, 2.75) is 6.18 Å². The van der Waals surface area contributed by atoms with Gasteiger partial charge in [-0.25, -0.2) is 8.42 Å². The Hall–Kier alpha value is -3.08. The summed E-state index contributed by atoms with van der Waals surface area (Å²) in [4.78, 5) is 28.4. The highest BCUT2D eigenvalue weighted by molar-refractivity contribution is 7.92. The molecule has 0 saturated carbocycles. The van der Waals surface area contributed by atoms with Crippen LogP contribution in [0.5, 0.6) is 0 Å². The molecule has 0 bridgehead atoms. The van der Waals surface area contributed by atoms with Gasteiger partial charge in [0.15, 0.2) is 0 Å². The highest BCUT2D eigenvalue weighted by atomic mass is 32.2. The molecule has 0 unspecified atom stereocenters. The Morgan fingerprint density at radius 2 is 1.39 bits per heavy atom. The number of carbonyl (C=O) groups is 2. The van der Waals surface area contributed by atoms with Crippen LogP contribution in [-0.2, 0) is 16.2 Å². The molecule has 3 rings (SSSR count). The number of amides is 2. The van der Waals surface area contributed by atoms with Gasteiger partial charge in [-0.05, 0) is 36.4 Å². The standard InChI is InChI=1S/C20H20F3N3O4S/c1-31(29,30)24-17-5-3-2-4-16(17)19(28)26-12-10-25(11-13-26)18(27)14-6-8-15(9-7-14)20(21,22)23/h2-9,24H,10-13H2,1H3. The van der Waals surface area contributed by atoms with Gasteiger partial charge in [0.05, 0.1) is 23.1 Å². The number of carbonyl (C=O) groups excluding carboxylic acids is 2. The number of nitrogens with one attached hydrogen (secondary N) is 1. The summed E-state index contributed by atoms with van der Waals surface area (Å²) in [7, 11) is -3.57. The number of anilines is 1. The molecule has 2 aromatic rings. The van der Waals surface area contributed by atoms with Crippen molar-refractivity contribution < 1.29 is 31.2 Å². The predicted octanol–water partition coefficient (Wildman–Crippen LogP) is 2.68. The zero-order valence-electron chi connectivity index (χ0n) is 16.5. The summed E-state index contributed by atoms with van der Waals surface area (Å²) in [5.41, 5.74) is -0.343. The van der Waals surface area contributed by atoms with Crippen LogP contribution in [0.1, 0.15) is 26.3 Å².